The van der Waals surface area contributed by atoms with Crippen LogP contribution in [0.5, 0.6) is 5.75 Å². The molecular weight excluding hydrogens is 351 g/mol. The van der Waals surface area contributed by atoms with E-state index in [1.807, 2.05) is 6.92 Å². The van der Waals surface area contributed by atoms with Crippen LogP contribution in [0.3, 0.4) is 0 Å². The average molecular weight is 361 g/mol. The minimum atomic E-state index is -1.21. The Kier molecular flexibility index (Phi) is 5.33. The zero-order valence-electron chi connectivity index (χ0n) is 11.2. The Morgan fingerprint density at radius 3 is 2.73 bits per heavy atom. The van der Waals surface area contributed by atoms with Gasteiger partial charge in [0.1, 0.15) is 10.7 Å². The molecule has 2 aromatic rings. The van der Waals surface area contributed by atoms with Crippen LogP contribution in [0, 0.1) is 0 Å². The molecule has 116 valence electrons. The molecule has 0 radical (unpaired) electrons. The lowest BCUT2D eigenvalue weighted by Gasteiger charge is -2.04. The summed E-state index contributed by atoms with van der Waals surface area (Å²) in [5, 5.41) is 27.0. The molecule has 0 fully saturated rings. The van der Waals surface area contributed by atoms with E-state index in [4.69, 9.17) is 27.6 Å². The molecule has 6 nitrogen and oxygen atoms in total. The smallest absolute Gasteiger partial charge is 0.342 e. The molecule has 0 saturated heterocycles. The third kappa shape index (κ3) is 3.94. The molecule has 0 amide bonds. The van der Waals surface area contributed by atoms with Gasteiger partial charge >= 0.3 is 5.97 Å². The summed E-state index contributed by atoms with van der Waals surface area (Å²) in [6, 6.07) is 2.76. The second-order valence-electron chi connectivity index (χ2n) is 4.06. The van der Waals surface area contributed by atoms with E-state index in [1.54, 1.807) is 0 Å². The Hall–Kier alpha value is -1.70. The van der Waals surface area contributed by atoms with Crippen molar-refractivity contribution < 1.29 is 19.4 Å². The molecule has 0 atom stereocenters. The van der Waals surface area contributed by atoms with Gasteiger partial charge < -0.3 is 14.6 Å². The van der Waals surface area contributed by atoms with E-state index < -0.39 is 5.97 Å². The highest BCUT2D eigenvalue weighted by molar-refractivity contribution is 8.03. The van der Waals surface area contributed by atoms with Gasteiger partial charge in [-0.15, -0.1) is 10.2 Å². The van der Waals surface area contributed by atoms with Gasteiger partial charge in [0.05, 0.1) is 5.02 Å². The van der Waals surface area contributed by atoms with Gasteiger partial charge in [-0.1, -0.05) is 30.1 Å². The van der Waals surface area contributed by atoms with E-state index in [-0.39, 0.29) is 31.5 Å². The van der Waals surface area contributed by atoms with E-state index in [1.165, 1.54) is 18.2 Å². The number of aromatic hydroxyl groups is 1. The molecule has 22 heavy (non-hydrogen) atoms. The molecule has 0 aliphatic carbocycles. The van der Waals surface area contributed by atoms with Crippen molar-refractivity contribution in [1.29, 1.82) is 0 Å². The average Bonchev–Trinajstić information content (AvgIpc) is 2.91. The number of aliphatic carboxylic acids is 1. The van der Waals surface area contributed by atoms with Crippen molar-refractivity contribution >= 4 is 47.0 Å². The summed E-state index contributed by atoms with van der Waals surface area (Å²) < 4.78 is 5.25. The molecule has 0 saturated carbocycles. The van der Waals surface area contributed by atoms with Gasteiger partial charge in [0, 0.05) is 17.0 Å². The Balaban J connectivity index is 2.37. The first kappa shape index (κ1) is 16.7. The maximum atomic E-state index is 11.3. The van der Waals surface area contributed by atoms with E-state index in [0.717, 1.165) is 11.8 Å². The van der Waals surface area contributed by atoms with Gasteiger partial charge in [0.25, 0.3) is 5.22 Å². The Bertz CT molecular complexity index is 746. The fourth-order valence-corrected chi connectivity index (χ4v) is 2.68. The highest BCUT2D eigenvalue weighted by Crippen LogP contribution is 2.35. The number of halogens is 2. The van der Waals surface area contributed by atoms with Gasteiger partial charge in [0.2, 0.25) is 5.89 Å². The van der Waals surface area contributed by atoms with Crippen molar-refractivity contribution in [3.8, 4) is 5.75 Å². The number of phenolic OH excluding ortho intramolecular Hbond substituents is 1. The first-order valence-electron chi connectivity index (χ1n) is 6.04. The Morgan fingerprint density at radius 2 is 2.14 bits per heavy atom. The highest BCUT2D eigenvalue weighted by Gasteiger charge is 2.16. The molecule has 1 aromatic carbocycles. The summed E-state index contributed by atoms with van der Waals surface area (Å²) in [7, 11) is 0. The summed E-state index contributed by atoms with van der Waals surface area (Å²) in [5.41, 5.74) is 0.178. The van der Waals surface area contributed by atoms with Crippen molar-refractivity contribution in [3.05, 3.63) is 38.5 Å². The number of thioether (sulfide) groups is 1. The highest BCUT2D eigenvalue weighted by atomic mass is 35.5. The monoisotopic (exact) mass is 360 g/mol. The fourth-order valence-electron chi connectivity index (χ4n) is 1.49. The number of phenols is 1. The van der Waals surface area contributed by atoms with Gasteiger partial charge in [0.15, 0.2) is 0 Å². The summed E-state index contributed by atoms with van der Waals surface area (Å²) in [5.74, 6) is -1.07. The topological polar surface area (TPSA) is 96.5 Å². The molecule has 0 unspecified atom stereocenters. The van der Waals surface area contributed by atoms with Gasteiger partial charge in [-0.2, -0.15) is 0 Å². The van der Waals surface area contributed by atoms with E-state index in [2.05, 4.69) is 10.2 Å². The van der Waals surface area contributed by atoms with Crippen molar-refractivity contribution in [3.63, 3.8) is 0 Å². The van der Waals surface area contributed by atoms with Crippen LogP contribution in [-0.4, -0.2) is 26.4 Å². The van der Waals surface area contributed by atoms with E-state index >= 15 is 0 Å². The maximum Gasteiger partial charge on any atom is 0.342 e. The third-order valence-electron chi connectivity index (χ3n) is 2.50. The number of hydrogen-bond donors (Lipinski definition) is 2. The normalized spacial score (nSPS) is 11.7. The van der Waals surface area contributed by atoms with Crippen LogP contribution in [0.2, 0.25) is 10.0 Å². The van der Waals surface area contributed by atoms with Gasteiger partial charge in [-0.05, 0) is 30.0 Å². The van der Waals surface area contributed by atoms with Crippen LogP contribution in [-0.2, 0) is 11.2 Å². The number of carboxylic acids is 1. The molecule has 1 heterocycles. The first-order chi connectivity index (χ1) is 10.4. The Labute approximate surface area is 139 Å². The largest absolute Gasteiger partial charge is 0.506 e. The zero-order valence-corrected chi connectivity index (χ0v) is 13.5. The lowest BCUT2D eigenvalue weighted by Crippen LogP contribution is -1.97. The molecule has 2 N–H and O–H groups in total. The zero-order chi connectivity index (χ0) is 16.3. The number of benzene rings is 1. The van der Waals surface area contributed by atoms with Crippen LogP contribution in [0.15, 0.2) is 26.7 Å². The van der Waals surface area contributed by atoms with E-state index in [9.17, 15) is 15.0 Å². The molecule has 2 rings (SSSR count). The summed E-state index contributed by atoms with van der Waals surface area (Å²) in [6.07, 6.45) is 1.78. The van der Waals surface area contributed by atoms with Crippen LogP contribution in [0.1, 0.15) is 18.4 Å². The fraction of sp³-hybridized carbons (Fsp3) is 0.154. The molecule has 0 aliphatic heterocycles. The number of carboxylic acid groups (broad SMARTS) is 1. The predicted molar refractivity (Wildman–Crippen MR) is 83.3 cm³/mol. The second kappa shape index (κ2) is 7.04. The lowest BCUT2D eigenvalue weighted by atomic mass is 10.2. The number of nitrogens with zero attached hydrogens (tertiary/aromatic N) is 2. The van der Waals surface area contributed by atoms with Crippen LogP contribution >= 0.6 is 35.0 Å². The number of aromatic nitrogens is 2. The van der Waals surface area contributed by atoms with Crippen molar-refractivity contribution in [2.24, 2.45) is 0 Å². The number of hydrogen-bond acceptors (Lipinski definition) is 6. The van der Waals surface area contributed by atoms with Gasteiger partial charge in [-0.3, -0.25) is 0 Å². The SMILES string of the molecule is CCc1nnc(S/C(=C\c2cc(Cl)cc(Cl)c2O)C(=O)O)o1. The van der Waals surface area contributed by atoms with Crippen LogP contribution in [0.25, 0.3) is 6.08 Å². The summed E-state index contributed by atoms with van der Waals surface area (Å²) in [4.78, 5) is 11.2. The number of rotatable bonds is 5. The van der Waals surface area contributed by atoms with E-state index in [0.29, 0.717) is 12.3 Å². The molecular formula is C13H10Cl2N2O4S. The minimum Gasteiger partial charge on any atom is -0.506 e. The molecule has 1 aromatic heterocycles. The predicted octanol–water partition coefficient (Wildman–Crippen LogP) is 3.86. The van der Waals surface area contributed by atoms with Crippen LogP contribution < -0.4 is 0 Å². The number of carbonyl (C=O) groups is 1. The molecule has 0 aliphatic rings. The third-order valence-corrected chi connectivity index (χ3v) is 3.86. The van der Waals surface area contributed by atoms with Crippen LogP contribution in [0.4, 0.5) is 0 Å². The van der Waals surface area contributed by atoms with Crippen molar-refractivity contribution in [1.82, 2.24) is 10.2 Å². The Morgan fingerprint density at radius 1 is 1.41 bits per heavy atom. The quantitative estimate of drug-likeness (QED) is 0.616. The van der Waals surface area contributed by atoms with Crippen molar-refractivity contribution in [2.75, 3.05) is 0 Å². The second-order valence-corrected chi connectivity index (χ2v) is 5.89. The molecule has 0 bridgehead atoms. The first-order valence-corrected chi connectivity index (χ1v) is 7.61. The standard InChI is InChI=1S/C13H10Cl2N2O4S/c1-2-10-16-17-13(21-10)22-9(12(19)20)4-6-3-7(14)5-8(15)11(6)18/h3-5,18H,2H2,1H3,(H,19,20)/b9-4-. The van der Waals surface area contributed by atoms with Crippen molar-refractivity contribution in [2.45, 2.75) is 18.6 Å². The summed E-state index contributed by atoms with van der Waals surface area (Å²) in [6.45, 7) is 1.84. The molecule has 0 spiro atoms. The maximum absolute atomic E-state index is 11.3. The minimum absolute atomic E-state index is 0.0274. The van der Waals surface area contributed by atoms with Gasteiger partial charge in [-0.25, -0.2) is 4.79 Å². The summed E-state index contributed by atoms with van der Waals surface area (Å²) >= 11 is 12.4. The lowest BCUT2D eigenvalue weighted by molar-refractivity contribution is -0.131. The molecule has 9 heteroatoms. The number of aryl methyl sites for hydroxylation is 1.